The van der Waals surface area contributed by atoms with Crippen LogP contribution in [0.1, 0.15) is 27.8 Å². The molecule has 1 aliphatic rings. The molecule has 3 heterocycles. The summed E-state index contributed by atoms with van der Waals surface area (Å²) in [5.74, 6) is 8.71. The van der Waals surface area contributed by atoms with E-state index >= 15 is 0 Å². The van der Waals surface area contributed by atoms with Crippen molar-refractivity contribution in [3.05, 3.63) is 59.8 Å². The third-order valence-electron chi connectivity index (χ3n) is 5.98. The summed E-state index contributed by atoms with van der Waals surface area (Å²) in [5.41, 5.74) is 3.07. The predicted molar refractivity (Wildman–Crippen MR) is 129 cm³/mol. The van der Waals surface area contributed by atoms with Gasteiger partial charge in [0.15, 0.2) is 17.8 Å². The van der Waals surface area contributed by atoms with Crippen molar-refractivity contribution in [2.45, 2.75) is 13.2 Å². The standard InChI is InChI=1S/C23H27FN8O4/c1-2-36-22(35)19-18-17(16(24)13-28-19)15(12-27-18)20(33)21(34)30-8-10-31(11-9-30)23(29-25)32(26)14-6-4-3-5-7-14/h3-7,12-13,23,27,29H,2,8-11,25-26H2,1H3. The van der Waals surface area contributed by atoms with Crippen LogP contribution in [0.2, 0.25) is 0 Å². The molecule has 1 unspecified atom stereocenters. The number of aromatic nitrogens is 2. The number of nitrogens with two attached hydrogens (primary N) is 2. The van der Waals surface area contributed by atoms with Gasteiger partial charge >= 0.3 is 5.97 Å². The van der Waals surface area contributed by atoms with Crippen LogP contribution >= 0.6 is 0 Å². The summed E-state index contributed by atoms with van der Waals surface area (Å²) < 4.78 is 19.6. The molecule has 0 saturated carbocycles. The fourth-order valence-electron chi connectivity index (χ4n) is 4.17. The minimum absolute atomic E-state index is 0.00442. The van der Waals surface area contributed by atoms with Crippen LogP contribution < -0.4 is 22.1 Å². The number of fused-ring (bicyclic) bond motifs is 1. The third-order valence-corrected chi connectivity index (χ3v) is 5.98. The maximum atomic E-state index is 14.6. The summed E-state index contributed by atoms with van der Waals surface area (Å²) in [6.45, 7) is 2.95. The number of para-hydroxylation sites is 1. The molecule has 1 aromatic carbocycles. The van der Waals surface area contributed by atoms with Crippen molar-refractivity contribution in [1.82, 2.24) is 25.2 Å². The van der Waals surface area contributed by atoms with E-state index in [0.717, 1.165) is 11.9 Å². The molecular weight excluding hydrogens is 471 g/mol. The molecule has 3 aromatic rings. The number of amides is 1. The van der Waals surface area contributed by atoms with Crippen molar-refractivity contribution < 1.29 is 23.5 Å². The Morgan fingerprint density at radius 2 is 1.92 bits per heavy atom. The molecular formula is C23H27FN8O4. The first-order chi connectivity index (χ1) is 17.4. The Morgan fingerprint density at radius 1 is 1.22 bits per heavy atom. The van der Waals surface area contributed by atoms with Crippen LogP contribution in [0.4, 0.5) is 10.1 Å². The Bertz CT molecular complexity index is 1260. The largest absolute Gasteiger partial charge is 0.461 e. The van der Waals surface area contributed by atoms with Gasteiger partial charge < -0.3 is 14.6 Å². The van der Waals surface area contributed by atoms with Gasteiger partial charge in [-0.1, -0.05) is 18.2 Å². The van der Waals surface area contributed by atoms with Crippen molar-refractivity contribution in [3.63, 3.8) is 0 Å². The van der Waals surface area contributed by atoms with Crippen LogP contribution in [0.5, 0.6) is 0 Å². The summed E-state index contributed by atoms with van der Waals surface area (Å²) in [7, 11) is 0. The number of benzene rings is 1. The third kappa shape index (κ3) is 4.77. The van der Waals surface area contributed by atoms with Crippen LogP contribution in [0.3, 0.4) is 0 Å². The maximum Gasteiger partial charge on any atom is 0.359 e. The second-order valence-electron chi connectivity index (χ2n) is 8.07. The second kappa shape index (κ2) is 10.8. The van der Waals surface area contributed by atoms with Crippen LogP contribution in [0.25, 0.3) is 10.9 Å². The number of esters is 1. The monoisotopic (exact) mass is 498 g/mol. The Labute approximate surface area is 205 Å². The van der Waals surface area contributed by atoms with E-state index in [2.05, 4.69) is 15.4 Å². The number of hydrogen-bond acceptors (Lipinski definition) is 10. The minimum atomic E-state index is -0.896. The van der Waals surface area contributed by atoms with E-state index in [1.54, 1.807) is 6.92 Å². The van der Waals surface area contributed by atoms with Gasteiger partial charge in [0, 0.05) is 32.4 Å². The SMILES string of the molecule is CCOC(=O)c1ncc(F)c2c(C(=O)C(=O)N3CCN(C(NN)N(N)c4ccccc4)CC3)c[nH]c12. The van der Waals surface area contributed by atoms with E-state index in [4.69, 9.17) is 16.4 Å². The zero-order valence-corrected chi connectivity index (χ0v) is 19.6. The van der Waals surface area contributed by atoms with E-state index in [1.807, 2.05) is 35.2 Å². The minimum Gasteiger partial charge on any atom is -0.461 e. The number of anilines is 1. The van der Waals surface area contributed by atoms with E-state index in [-0.39, 0.29) is 41.9 Å². The lowest BCUT2D eigenvalue weighted by Crippen LogP contribution is -2.65. The number of Topliss-reactive ketones (excluding diaryl/α,β-unsaturated/α-hetero) is 1. The molecule has 4 rings (SSSR count). The number of hydrogen-bond donors (Lipinski definition) is 4. The Morgan fingerprint density at radius 3 is 2.56 bits per heavy atom. The number of rotatable bonds is 8. The normalized spacial score (nSPS) is 15.1. The second-order valence-corrected chi connectivity index (χ2v) is 8.07. The molecule has 36 heavy (non-hydrogen) atoms. The lowest BCUT2D eigenvalue weighted by Gasteiger charge is -2.42. The summed E-state index contributed by atoms with van der Waals surface area (Å²) in [6.07, 6.45) is 1.49. The summed E-state index contributed by atoms with van der Waals surface area (Å²) in [4.78, 5) is 48.0. The van der Waals surface area contributed by atoms with Gasteiger partial charge in [-0.05, 0) is 19.1 Å². The van der Waals surface area contributed by atoms with Crippen molar-refractivity contribution in [3.8, 4) is 0 Å². The molecule has 0 bridgehead atoms. The molecule has 2 aromatic heterocycles. The molecule has 1 aliphatic heterocycles. The highest BCUT2D eigenvalue weighted by molar-refractivity contribution is 6.45. The van der Waals surface area contributed by atoms with Crippen molar-refractivity contribution in [1.29, 1.82) is 0 Å². The van der Waals surface area contributed by atoms with Crippen LogP contribution in [0.15, 0.2) is 42.7 Å². The van der Waals surface area contributed by atoms with Gasteiger partial charge in [-0.3, -0.25) is 25.3 Å². The number of piperazine rings is 1. The number of carbonyl (C=O) groups is 3. The molecule has 1 amide bonds. The highest BCUT2D eigenvalue weighted by atomic mass is 19.1. The van der Waals surface area contributed by atoms with Crippen LogP contribution in [0, 0.1) is 5.82 Å². The molecule has 190 valence electrons. The number of nitrogens with zero attached hydrogens (tertiary/aromatic N) is 4. The van der Waals surface area contributed by atoms with Crippen molar-refractivity contribution in [2.24, 2.45) is 11.7 Å². The highest BCUT2D eigenvalue weighted by Crippen LogP contribution is 2.25. The number of aromatic amines is 1. The lowest BCUT2D eigenvalue weighted by atomic mass is 10.1. The van der Waals surface area contributed by atoms with Crippen molar-refractivity contribution >= 4 is 34.3 Å². The topological polar surface area (TPSA) is 163 Å². The Kier molecular flexibility index (Phi) is 7.55. The number of ketones is 1. The first-order valence-corrected chi connectivity index (χ1v) is 11.3. The number of ether oxygens (including phenoxy) is 1. The van der Waals surface area contributed by atoms with Gasteiger partial charge in [-0.2, -0.15) is 0 Å². The van der Waals surface area contributed by atoms with Gasteiger partial charge in [0.25, 0.3) is 11.7 Å². The molecule has 1 saturated heterocycles. The summed E-state index contributed by atoms with van der Waals surface area (Å²) in [6, 6.07) is 9.25. The zero-order chi connectivity index (χ0) is 25.8. The van der Waals surface area contributed by atoms with Gasteiger partial charge in [0.2, 0.25) is 0 Å². The smallest absolute Gasteiger partial charge is 0.359 e. The Balaban J connectivity index is 1.47. The van der Waals surface area contributed by atoms with Crippen LogP contribution in [-0.2, 0) is 9.53 Å². The fraction of sp³-hybridized carbons (Fsp3) is 0.304. The van der Waals surface area contributed by atoms with Gasteiger partial charge in [-0.15, -0.1) is 0 Å². The van der Waals surface area contributed by atoms with Gasteiger partial charge in [0.1, 0.15) is 0 Å². The fourth-order valence-corrected chi connectivity index (χ4v) is 4.17. The first kappa shape index (κ1) is 25.2. The van der Waals surface area contributed by atoms with E-state index in [1.165, 1.54) is 16.1 Å². The zero-order valence-electron chi connectivity index (χ0n) is 19.6. The van der Waals surface area contributed by atoms with Crippen LogP contribution in [-0.4, -0.2) is 76.5 Å². The molecule has 1 fully saturated rings. The molecule has 1 atom stereocenters. The molecule has 0 radical (unpaired) electrons. The molecule has 12 nitrogen and oxygen atoms in total. The number of carbonyl (C=O) groups excluding carboxylic acids is 3. The number of hydrazine groups is 2. The lowest BCUT2D eigenvalue weighted by molar-refractivity contribution is -0.128. The molecule has 13 heteroatoms. The average molecular weight is 499 g/mol. The predicted octanol–water partition coefficient (Wildman–Crippen LogP) is 0.333. The van der Waals surface area contributed by atoms with E-state index < -0.39 is 29.8 Å². The Hall–Kier alpha value is -3.91. The summed E-state index contributed by atoms with van der Waals surface area (Å²) >= 11 is 0. The number of H-pyrrole nitrogens is 1. The highest BCUT2D eigenvalue weighted by Gasteiger charge is 2.33. The number of nitrogens with one attached hydrogen (secondary N) is 2. The van der Waals surface area contributed by atoms with Gasteiger partial charge in [0.05, 0.1) is 35.0 Å². The van der Waals surface area contributed by atoms with E-state index in [0.29, 0.717) is 13.1 Å². The first-order valence-electron chi connectivity index (χ1n) is 11.3. The summed E-state index contributed by atoms with van der Waals surface area (Å²) in [5, 5.41) is 1.30. The van der Waals surface area contributed by atoms with E-state index in [9.17, 15) is 18.8 Å². The quantitative estimate of drug-likeness (QED) is 0.0850. The van der Waals surface area contributed by atoms with Crippen molar-refractivity contribution in [2.75, 3.05) is 37.8 Å². The molecule has 0 spiro atoms. The molecule has 6 N–H and O–H groups in total. The maximum absolute atomic E-state index is 14.6. The molecule has 0 aliphatic carbocycles. The average Bonchev–Trinajstić information content (AvgIpc) is 3.35. The van der Waals surface area contributed by atoms with Gasteiger partial charge in [-0.25, -0.2) is 25.4 Å². The number of pyridine rings is 1. The number of halogens is 1.